The molecule has 0 saturated carbocycles. The fraction of sp³-hybridized carbons (Fsp3) is 0.500. The maximum absolute atomic E-state index is 11.2. The van der Waals surface area contributed by atoms with Crippen LogP contribution in [0.5, 0.6) is 0 Å². The van der Waals surface area contributed by atoms with E-state index in [9.17, 15) is 9.90 Å². The Kier molecular flexibility index (Phi) is 3.48. The molecule has 0 aromatic heterocycles. The van der Waals surface area contributed by atoms with Crippen molar-refractivity contribution < 1.29 is 14.8 Å². The molecule has 0 unspecified atom stereocenters. The third-order valence-electron chi connectivity index (χ3n) is 3.44. The van der Waals surface area contributed by atoms with Crippen molar-refractivity contribution in [2.24, 2.45) is 5.92 Å². The molecular formula is C14H19NO2. The Balaban J connectivity index is 2.11. The number of fused-ring (bicyclic) bond motifs is 1. The van der Waals surface area contributed by atoms with Crippen LogP contribution in [0, 0.1) is 5.92 Å². The number of rotatable bonds is 4. The Morgan fingerprint density at radius 3 is 2.24 bits per heavy atom. The van der Waals surface area contributed by atoms with E-state index in [2.05, 4.69) is 26.0 Å². The molecule has 0 saturated heterocycles. The maximum Gasteiger partial charge on any atom is 0.128 e. The van der Waals surface area contributed by atoms with Crippen LogP contribution < -0.4 is 10.0 Å². The predicted octanol–water partition coefficient (Wildman–Crippen LogP) is -0.250. The Bertz CT molecular complexity index is 389. The summed E-state index contributed by atoms with van der Waals surface area (Å²) in [7, 11) is 0. The van der Waals surface area contributed by atoms with Gasteiger partial charge in [0, 0.05) is 17.5 Å². The summed E-state index contributed by atoms with van der Waals surface area (Å²) in [4.78, 5) is 12.4. The highest BCUT2D eigenvalue weighted by atomic mass is 16.4. The van der Waals surface area contributed by atoms with Crippen molar-refractivity contribution in [3.8, 4) is 0 Å². The highest BCUT2D eigenvalue weighted by Gasteiger charge is 2.30. The van der Waals surface area contributed by atoms with Gasteiger partial charge < -0.3 is 14.8 Å². The first kappa shape index (κ1) is 12.1. The molecule has 0 radical (unpaired) electrons. The van der Waals surface area contributed by atoms with Gasteiger partial charge in [0.05, 0.1) is 5.97 Å². The van der Waals surface area contributed by atoms with Crippen molar-refractivity contribution in [2.45, 2.75) is 39.4 Å². The highest BCUT2D eigenvalue weighted by Crippen LogP contribution is 2.13. The molecule has 3 nitrogen and oxygen atoms in total. The molecule has 0 spiro atoms. The average molecular weight is 233 g/mol. The van der Waals surface area contributed by atoms with Crippen LogP contribution in [0.3, 0.4) is 0 Å². The third kappa shape index (κ3) is 2.67. The number of carboxylic acids is 1. The normalized spacial score (nSPS) is 17.1. The van der Waals surface area contributed by atoms with Gasteiger partial charge >= 0.3 is 0 Å². The van der Waals surface area contributed by atoms with Gasteiger partial charge in [0.15, 0.2) is 0 Å². The van der Waals surface area contributed by atoms with Crippen molar-refractivity contribution >= 4 is 5.97 Å². The van der Waals surface area contributed by atoms with E-state index in [4.69, 9.17) is 0 Å². The lowest BCUT2D eigenvalue weighted by Gasteiger charge is -2.26. The van der Waals surface area contributed by atoms with E-state index in [1.165, 1.54) is 11.1 Å². The van der Waals surface area contributed by atoms with Gasteiger partial charge in [-0.1, -0.05) is 38.1 Å². The monoisotopic (exact) mass is 233 g/mol. The third-order valence-corrected chi connectivity index (χ3v) is 3.44. The van der Waals surface area contributed by atoms with Crippen molar-refractivity contribution in [2.75, 3.05) is 0 Å². The van der Waals surface area contributed by atoms with Crippen LogP contribution in [-0.2, 0) is 17.9 Å². The van der Waals surface area contributed by atoms with Gasteiger partial charge in [-0.2, -0.15) is 0 Å². The van der Waals surface area contributed by atoms with Gasteiger partial charge in [-0.25, -0.2) is 0 Å². The standard InChI is InChI=1S/C14H19NO2/c1-10(2)7-13(14(16)17)15-8-11-5-3-4-6-12(11)9-15/h3-6,10,13H,7-9H2,1-2H3,(H,16,17)/t13-/m0/s1. The molecule has 1 aliphatic heterocycles. The lowest BCUT2D eigenvalue weighted by molar-refractivity contribution is -0.939. The lowest BCUT2D eigenvalue weighted by Crippen LogP contribution is -3.13. The van der Waals surface area contributed by atoms with E-state index in [0.29, 0.717) is 12.3 Å². The van der Waals surface area contributed by atoms with Crippen LogP contribution in [0.4, 0.5) is 0 Å². The number of quaternary nitrogens is 1. The number of carboxylic acid groups (broad SMARTS) is 1. The summed E-state index contributed by atoms with van der Waals surface area (Å²) < 4.78 is 0. The minimum absolute atomic E-state index is 0.383. The van der Waals surface area contributed by atoms with Gasteiger partial charge in [-0.3, -0.25) is 0 Å². The Morgan fingerprint density at radius 1 is 1.29 bits per heavy atom. The number of hydrogen-bond acceptors (Lipinski definition) is 2. The fourth-order valence-corrected chi connectivity index (χ4v) is 2.60. The number of carbonyl (C=O) groups is 1. The molecule has 0 bridgehead atoms. The van der Waals surface area contributed by atoms with Gasteiger partial charge in [0.2, 0.25) is 0 Å². The van der Waals surface area contributed by atoms with E-state index in [1.807, 2.05) is 12.1 Å². The van der Waals surface area contributed by atoms with Gasteiger partial charge in [0.1, 0.15) is 19.1 Å². The molecule has 1 aliphatic rings. The second kappa shape index (κ2) is 4.88. The molecule has 1 aromatic carbocycles. The molecule has 2 rings (SSSR count). The summed E-state index contributed by atoms with van der Waals surface area (Å²) in [5, 5.41) is 11.2. The maximum atomic E-state index is 11.2. The molecule has 0 amide bonds. The molecule has 1 heterocycles. The second-order valence-electron chi connectivity index (χ2n) is 5.28. The molecular weight excluding hydrogens is 214 g/mol. The van der Waals surface area contributed by atoms with Crippen LogP contribution in [0.25, 0.3) is 0 Å². The van der Waals surface area contributed by atoms with Gasteiger partial charge in [-0.15, -0.1) is 0 Å². The number of benzene rings is 1. The second-order valence-corrected chi connectivity index (χ2v) is 5.28. The molecule has 1 N–H and O–H groups in total. The summed E-state index contributed by atoms with van der Waals surface area (Å²) in [5.74, 6) is -0.532. The molecule has 17 heavy (non-hydrogen) atoms. The van der Waals surface area contributed by atoms with E-state index < -0.39 is 5.97 Å². The van der Waals surface area contributed by atoms with Crippen LogP contribution in [0.2, 0.25) is 0 Å². The van der Waals surface area contributed by atoms with Crippen molar-refractivity contribution in [1.29, 1.82) is 0 Å². The zero-order valence-corrected chi connectivity index (χ0v) is 10.4. The fourth-order valence-electron chi connectivity index (χ4n) is 2.60. The zero-order valence-electron chi connectivity index (χ0n) is 10.4. The molecule has 1 aromatic rings. The predicted molar refractivity (Wildman–Crippen MR) is 63.1 cm³/mol. The quantitative estimate of drug-likeness (QED) is 0.779. The summed E-state index contributed by atoms with van der Waals surface area (Å²) in [6.45, 7) is 5.72. The Hall–Kier alpha value is -1.35. The van der Waals surface area contributed by atoms with E-state index in [0.717, 1.165) is 18.0 Å². The molecule has 92 valence electrons. The minimum atomic E-state index is -0.915. The van der Waals surface area contributed by atoms with E-state index in [1.54, 1.807) is 0 Å². The summed E-state index contributed by atoms with van der Waals surface area (Å²) in [6.07, 6.45) is 0.686. The highest BCUT2D eigenvalue weighted by molar-refractivity contribution is 5.69. The van der Waals surface area contributed by atoms with Crippen LogP contribution in [0.1, 0.15) is 31.4 Å². The topological polar surface area (TPSA) is 44.6 Å². The van der Waals surface area contributed by atoms with Crippen LogP contribution in [0.15, 0.2) is 24.3 Å². The molecule has 0 fully saturated rings. The first-order valence-electron chi connectivity index (χ1n) is 6.20. The van der Waals surface area contributed by atoms with Crippen LogP contribution in [-0.4, -0.2) is 12.0 Å². The van der Waals surface area contributed by atoms with Crippen LogP contribution >= 0.6 is 0 Å². The van der Waals surface area contributed by atoms with Crippen molar-refractivity contribution in [3.63, 3.8) is 0 Å². The number of hydrogen-bond donors (Lipinski definition) is 1. The largest absolute Gasteiger partial charge is 0.544 e. The number of aliphatic carboxylic acids is 1. The van der Waals surface area contributed by atoms with Crippen molar-refractivity contribution in [1.82, 2.24) is 0 Å². The lowest BCUT2D eigenvalue weighted by atomic mass is 10.0. The van der Waals surface area contributed by atoms with E-state index in [-0.39, 0.29) is 6.04 Å². The smallest absolute Gasteiger partial charge is 0.128 e. The number of carbonyl (C=O) groups excluding carboxylic acids is 1. The molecule has 0 aliphatic carbocycles. The minimum Gasteiger partial charge on any atom is -0.544 e. The van der Waals surface area contributed by atoms with Gasteiger partial charge in [-0.05, 0) is 5.92 Å². The number of nitrogens with one attached hydrogen (secondary N) is 1. The van der Waals surface area contributed by atoms with Crippen molar-refractivity contribution in [3.05, 3.63) is 35.4 Å². The Labute approximate surface area is 102 Å². The zero-order chi connectivity index (χ0) is 12.4. The average Bonchev–Trinajstić information content (AvgIpc) is 2.68. The first-order valence-corrected chi connectivity index (χ1v) is 6.20. The Morgan fingerprint density at radius 2 is 1.82 bits per heavy atom. The first-order chi connectivity index (χ1) is 8.08. The SMILES string of the molecule is CC(C)C[C@@H](C(=O)[O-])[NH+]1Cc2ccccc2C1. The summed E-state index contributed by atoms with van der Waals surface area (Å²) in [6, 6.07) is 7.81. The summed E-state index contributed by atoms with van der Waals surface area (Å²) in [5.41, 5.74) is 2.55. The molecule has 3 heteroatoms. The van der Waals surface area contributed by atoms with Gasteiger partial charge in [0.25, 0.3) is 0 Å². The van der Waals surface area contributed by atoms with E-state index >= 15 is 0 Å². The summed E-state index contributed by atoms with van der Waals surface area (Å²) >= 11 is 0. The molecule has 1 atom stereocenters.